The van der Waals surface area contributed by atoms with Crippen molar-refractivity contribution in [1.29, 1.82) is 0 Å². The Morgan fingerprint density at radius 2 is 1.67 bits per heavy atom. The number of benzene rings is 2. The van der Waals surface area contributed by atoms with E-state index in [9.17, 15) is 14.4 Å². The van der Waals surface area contributed by atoms with Crippen LogP contribution in [0.25, 0.3) is 11.0 Å². The summed E-state index contributed by atoms with van der Waals surface area (Å²) in [6.07, 6.45) is 4.75. The molecule has 1 amide bonds. The maximum atomic E-state index is 13.4. The SMILES string of the molecule is Cc1ccc(C2C(C(=O)c3ccncc3)C(=O)C(=O)N2CCn2cnc3ccccc32)cc1. The second kappa shape index (κ2) is 8.43. The normalized spacial score (nSPS) is 18.3. The second-order valence-electron chi connectivity index (χ2n) is 8.22. The van der Waals surface area contributed by atoms with Crippen molar-refractivity contribution in [3.8, 4) is 0 Å². The Labute approximate surface area is 190 Å². The molecule has 1 aliphatic rings. The minimum absolute atomic E-state index is 0.281. The fourth-order valence-electron chi connectivity index (χ4n) is 4.46. The molecular formula is C26H22N4O3. The van der Waals surface area contributed by atoms with E-state index in [1.54, 1.807) is 18.5 Å². The van der Waals surface area contributed by atoms with Crippen molar-refractivity contribution in [3.05, 3.63) is 96.1 Å². The third kappa shape index (κ3) is 3.71. The van der Waals surface area contributed by atoms with Crippen LogP contribution in [0.15, 0.2) is 79.4 Å². The van der Waals surface area contributed by atoms with Crippen molar-refractivity contribution in [3.63, 3.8) is 0 Å². The summed E-state index contributed by atoms with van der Waals surface area (Å²) in [6.45, 7) is 2.71. The summed E-state index contributed by atoms with van der Waals surface area (Å²) >= 11 is 0. The van der Waals surface area contributed by atoms with Crippen LogP contribution in [-0.2, 0) is 16.1 Å². The van der Waals surface area contributed by atoms with Gasteiger partial charge in [0.1, 0.15) is 5.92 Å². The predicted octanol–water partition coefficient (Wildman–Crippen LogP) is 3.39. The van der Waals surface area contributed by atoms with E-state index in [0.717, 1.165) is 22.2 Å². The number of Topliss-reactive ketones (excluding diaryl/α,β-unsaturated/α-hetero) is 2. The van der Waals surface area contributed by atoms with Crippen LogP contribution in [-0.4, -0.2) is 43.5 Å². The molecule has 33 heavy (non-hydrogen) atoms. The highest BCUT2D eigenvalue weighted by Crippen LogP contribution is 2.38. The van der Waals surface area contributed by atoms with Crippen LogP contribution in [0.2, 0.25) is 0 Å². The van der Waals surface area contributed by atoms with E-state index >= 15 is 0 Å². The summed E-state index contributed by atoms with van der Waals surface area (Å²) in [4.78, 5) is 49.5. The van der Waals surface area contributed by atoms with Crippen molar-refractivity contribution in [1.82, 2.24) is 19.4 Å². The smallest absolute Gasteiger partial charge is 0.291 e. The number of rotatable bonds is 6. The maximum Gasteiger partial charge on any atom is 0.291 e. The molecule has 4 aromatic rings. The number of carbonyl (C=O) groups is 3. The molecule has 7 heteroatoms. The third-order valence-electron chi connectivity index (χ3n) is 6.18. The number of hydrogen-bond acceptors (Lipinski definition) is 5. The lowest BCUT2D eigenvalue weighted by Crippen LogP contribution is -2.33. The first-order valence-electron chi connectivity index (χ1n) is 10.8. The first-order valence-corrected chi connectivity index (χ1v) is 10.8. The lowest BCUT2D eigenvalue weighted by atomic mass is 9.86. The Hall–Kier alpha value is -4.13. The van der Waals surface area contributed by atoms with Gasteiger partial charge in [0.15, 0.2) is 5.78 Å². The number of nitrogens with zero attached hydrogens (tertiary/aromatic N) is 4. The van der Waals surface area contributed by atoms with Gasteiger partial charge in [-0.15, -0.1) is 0 Å². The number of aryl methyl sites for hydroxylation is 1. The molecule has 2 atom stereocenters. The number of aromatic nitrogens is 3. The first kappa shape index (κ1) is 20.8. The lowest BCUT2D eigenvalue weighted by Gasteiger charge is -2.27. The number of likely N-dealkylation sites (tertiary alicyclic amines) is 1. The molecule has 3 heterocycles. The molecule has 0 saturated carbocycles. The highest BCUT2D eigenvalue weighted by molar-refractivity contribution is 6.44. The predicted molar refractivity (Wildman–Crippen MR) is 122 cm³/mol. The summed E-state index contributed by atoms with van der Waals surface area (Å²) in [7, 11) is 0. The summed E-state index contributed by atoms with van der Waals surface area (Å²) in [5, 5.41) is 0. The van der Waals surface area contributed by atoms with Crippen molar-refractivity contribution < 1.29 is 14.4 Å². The zero-order chi connectivity index (χ0) is 22.9. The van der Waals surface area contributed by atoms with Crippen LogP contribution < -0.4 is 0 Å². The van der Waals surface area contributed by atoms with Gasteiger partial charge in [0, 0.05) is 31.0 Å². The van der Waals surface area contributed by atoms with Gasteiger partial charge in [-0.25, -0.2) is 4.98 Å². The van der Waals surface area contributed by atoms with Gasteiger partial charge >= 0.3 is 0 Å². The first-order chi connectivity index (χ1) is 16.0. The highest BCUT2D eigenvalue weighted by atomic mass is 16.2. The summed E-state index contributed by atoms with van der Waals surface area (Å²) in [6, 6.07) is 17.9. The van der Waals surface area contributed by atoms with E-state index in [2.05, 4.69) is 9.97 Å². The average molecular weight is 438 g/mol. The van der Waals surface area contributed by atoms with Crippen LogP contribution in [0.5, 0.6) is 0 Å². The molecule has 1 fully saturated rings. The van der Waals surface area contributed by atoms with Crippen LogP contribution in [0, 0.1) is 12.8 Å². The third-order valence-corrected chi connectivity index (χ3v) is 6.18. The van der Waals surface area contributed by atoms with Crippen molar-refractivity contribution in [2.75, 3.05) is 6.54 Å². The van der Waals surface area contributed by atoms with Crippen molar-refractivity contribution in [2.24, 2.45) is 5.92 Å². The largest absolute Gasteiger partial charge is 0.329 e. The van der Waals surface area contributed by atoms with Crippen LogP contribution >= 0.6 is 0 Å². The zero-order valence-electron chi connectivity index (χ0n) is 18.1. The van der Waals surface area contributed by atoms with Crippen molar-refractivity contribution >= 4 is 28.5 Å². The molecule has 7 nitrogen and oxygen atoms in total. The van der Waals surface area contributed by atoms with Crippen molar-refractivity contribution in [2.45, 2.75) is 19.5 Å². The molecule has 0 N–H and O–H groups in total. The number of imidazole rings is 1. The monoisotopic (exact) mass is 438 g/mol. The van der Waals surface area contributed by atoms with Crippen LogP contribution in [0.1, 0.15) is 27.5 Å². The van der Waals surface area contributed by atoms with E-state index in [-0.39, 0.29) is 12.3 Å². The summed E-state index contributed by atoms with van der Waals surface area (Å²) < 4.78 is 1.96. The summed E-state index contributed by atoms with van der Waals surface area (Å²) in [5.74, 6) is -2.76. The Kier molecular flexibility index (Phi) is 5.30. The van der Waals surface area contributed by atoms with Crippen LogP contribution in [0.4, 0.5) is 0 Å². The Morgan fingerprint density at radius 3 is 2.42 bits per heavy atom. The molecule has 0 spiro atoms. The number of hydrogen-bond donors (Lipinski definition) is 0. The standard InChI is InChI=1S/C26H22N4O3/c1-17-6-8-18(9-7-17)23-22(24(31)19-10-12-27-13-11-19)25(32)26(33)30(23)15-14-29-16-28-20-4-2-3-5-21(20)29/h2-13,16,22-23H,14-15H2,1H3. The van der Waals surface area contributed by atoms with Crippen LogP contribution in [0.3, 0.4) is 0 Å². The van der Waals surface area contributed by atoms with Gasteiger partial charge in [-0.2, -0.15) is 0 Å². The maximum absolute atomic E-state index is 13.4. The number of fused-ring (bicyclic) bond motifs is 1. The van der Waals surface area contributed by atoms with Gasteiger partial charge in [0.25, 0.3) is 5.91 Å². The Morgan fingerprint density at radius 1 is 0.939 bits per heavy atom. The van der Waals surface area contributed by atoms with E-state index < -0.39 is 23.7 Å². The van der Waals surface area contributed by atoms with Gasteiger partial charge in [-0.1, -0.05) is 42.0 Å². The van der Waals surface area contributed by atoms with E-state index in [0.29, 0.717) is 12.1 Å². The van der Waals surface area contributed by atoms with E-state index in [4.69, 9.17) is 0 Å². The molecule has 0 radical (unpaired) electrons. The molecule has 1 aliphatic heterocycles. The minimum Gasteiger partial charge on any atom is -0.329 e. The number of amides is 1. The molecule has 0 bridgehead atoms. The molecule has 2 aromatic heterocycles. The Bertz CT molecular complexity index is 1340. The fourth-order valence-corrected chi connectivity index (χ4v) is 4.46. The zero-order valence-corrected chi connectivity index (χ0v) is 18.1. The molecular weight excluding hydrogens is 416 g/mol. The molecule has 0 aliphatic carbocycles. The second-order valence-corrected chi connectivity index (χ2v) is 8.22. The number of carbonyl (C=O) groups excluding carboxylic acids is 3. The van der Waals surface area contributed by atoms with Gasteiger partial charge in [-0.3, -0.25) is 19.4 Å². The van der Waals surface area contributed by atoms with Gasteiger partial charge < -0.3 is 9.47 Å². The van der Waals surface area contributed by atoms with E-state index in [1.165, 1.54) is 17.3 Å². The van der Waals surface area contributed by atoms with E-state index in [1.807, 2.05) is 60.0 Å². The number of para-hydroxylation sites is 2. The summed E-state index contributed by atoms with van der Waals surface area (Å²) in [5.41, 5.74) is 4.01. The number of pyridine rings is 1. The minimum atomic E-state index is -1.10. The average Bonchev–Trinajstić information content (AvgIpc) is 3.37. The molecule has 2 unspecified atom stereocenters. The molecule has 2 aromatic carbocycles. The quantitative estimate of drug-likeness (QED) is 0.262. The lowest BCUT2D eigenvalue weighted by molar-refractivity contribution is -0.140. The molecule has 5 rings (SSSR count). The highest BCUT2D eigenvalue weighted by Gasteiger charge is 2.51. The van der Waals surface area contributed by atoms with Gasteiger partial charge in [0.05, 0.1) is 23.4 Å². The topological polar surface area (TPSA) is 85.2 Å². The Balaban J connectivity index is 1.51. The molecule has 164 valence electrons. The van der Waals surface area contributed by atoms with Gasteiger partial charge in [0.2, 0.25) is 5.78 Å². The van der Waals surface area contributed by atoms with Gasteiger partial charge in [-0.05, 0) is 36.8 Å². The molecule has 1 saturated heterocycles. The number of ketones is 2. The fraction of sp³-hybridized carbons (Fsp3) is 0.192.